The van der Waals surface area contributed by atoms with Crippen LogP contribution in [-0.2, 0) is 15.9 Å². The third-order valence-electron chi connectivity index (χ3n) is 7.97. The third kappa shape index (κ3) is 10.0. The Morgan fingerprint density at radius 2 is 1.09 bits per heavy atom. The Balaban J connectivity index is 0.000000202. The Kier molecular flexibility index (Phi) is 12.2. The van der Waals surface area contributed by atoms with E-state index >= 15 is 0 Å². The minimum absolute atomic E-state index is 0.0863. The van der Waals surface area contributed by atoms with E-state index in [1.807, 2.05) is 13.8 Å². The molecule has 4 N–H and O–H groups in total. The SMILES string of the molecule is CC.Fc1cc(F)cc(C2(Nc3ncc(-c4nnc(C(F)F)o4)cn3)CC2)c1.O=C(NNC(=O)C(F)F)c1cnc(NC2(c3cc(F)cc(F)c3)CC2)nc1. The molecule has 13 nitrogen and oxygen atoms in total. The van der Waals surface area contributed by atoms with E-state index in [4.69, 9.17) is 4.42 Å². The van der Waals surface area contributed by atoms with Gasteiger partial charge in [-0.05, 0) is 61.1 Å². The molecule has 0 unspecified atom stereocenters. The third-order valence-corrected chi connectivity index (χ3v) is 7.97. The maximum atomic E-state index is 13.4. The lowest BCUT2D eigenvalue weighted by Crippen LogP contribution is -2.44. The lowest BCUT2D eigenvalue weighted by atomic mass is 10.0. The van der Waals surface area contributed by atoms with Crippen molar-refractivity contribution >= 4 is 23.7 Å². The molecule has 0 radical (unpaired) electrons. The van der Waals surface area contributed by atoms with Gasteiger partial charge >= 0.3 is 18.8 Å². The quantitative estimate of drug-likeness (QED) is 0.0873. The van der Waals surface area contributed by atoms with E-state index in [-0.39, 0.29) is 28.9 Å². The summed E-state index contributed by atoms with van der Waals surface area (Å²) in [5.74, 6) is -5.81. The van der Waals surface area contributed by atoms with Gasteiger partial charge in [-0.1, -0.05) is 13.8 Å². The highest BCUT2D eigenvalue weighted by Crippen LogP contribution is 2.49. The number of hydrazine groups is 1. The van der Waals surface area contributed by atoms with Gasteiger partial charge in [0.1, 0.15) is 23.3 Å². The van der Waals surface area contributed by atoms with Gasteiger partial charge in [-0.25, -0.2) is 37.5 Å². The van der Waals surface area contributed by atoms with Crippen LogP contribution in [0.2, 0.25) is 0 Å². The van der Waals surface area contributed by atoms with Gasteiger partial charge in [0, 0.05) is 36.9 Å². The molecule has 2 aliphatic carbocycles. The van der Waals surface area contributed by atoms with E-state index in [9.17, 15) is 44.7 Å². The van der Waals surface area contributed by atoms with E-state index in [1.165, 1.54) is 36.7 Å². The number of nitrogens with one attached hydrogen (secondary N) is 4. The van der Waals surface area contributed by atoms with Gasteiger partial charge in [-0.2, -0.15) is 17.6 Å². The molecule has 3 heterocycles. The molecule has 0 saturated heterocycles. The Hall–Kier alpha value is -6.28. The first-order valence-corrected chi connectivity index (χ1v) is 16.4. The van der Waals surface area contributed by atoms with Crippen LogP contribution in [0.15, 0.2) is 65.6 Å². The number of alkyl halides is 4. The van der Waals surface area contributed by atoms with Gasteiger partial charge in [-0.15, -0.1) is 10.2 Å². The predicted molar refractivity (Wildman–Crippen MR) is 177 cm³/mol. The fourth-order valence-electron chi connectivity index (χ4n) is 5.01. The zero-order valence-corrected chi connectivity index (χ0v) is 28.7. The Morgan fingerprint density at radius 3 is 1.47 bits per heavy atom. The summed E-state index contributed by atoms with van der Waals surface area (Å²) in [6.45, 7) is 4.00. The zero-order valence-electron chi connectivity index (χ0n) is 28.7. The molecule has 3 aromatic heterocycles. The second-order valence-electron chi connectivity index (χ2n) is 11.8. The lowest BCUT2D eigenvalue weighted by molar-refractivity contribution is -0.132. The number of amides is 2. The number of aromatic nitrogens is 6. The second-order valence-corrected chi connectivity index (χ2v) is 11.8. The zero-order chi connectivity index (χ0) is 39.9. The molecule has 0 aliphatic heterocycles. The van der Waals surface area contributed by atoms with Crippen molar-refractivity contribution in [1.82, 2.24) is 41.0 Å². The van der Waals surface area contributed by atoms with Gasteiger partial charge in [0.15, 0.2) is 0 Å². The number of anilines is 2. The Morgan fingerprint density at radius 1 is 0.655 bits per heavy atom. The number of hydrogen-bond donors (Lipinski definition) is 4. The van der Waals surface area contributed by atoms with Crippen LogP contribution in [0.3, 0.4) is 0 Å². The van der Waals surface area contributed by atoms with Crippen molar-refractivity contribution in [2.75, 3.05) is 10.6 Å². The van der Waals surface area contributed by atoms with Gasteiger partial charge in [0.25, 0.3) is 17.7 Å². The van der Waals surface area contributed by atoms with Crippen molar-refractivity contribution in [3.63, 3.8) is 0 Å². The van der Waals surface area contributed by atoms with E-state index in [0.717, 1.165) is 24.5 Å². The maximum absolute atomic E-state index is 13.4. The molecular formula is C34H30F8N10O3. The summed E-state index contributed by atoms with van der Waals surface area (Å²) >= 11 is 0. The maximum Gasteiger partial charge on any atom is 0.317 e. The topological polar surface area (TPSA) is 173 Å². The summed E-state index contributed by atoms with van der Waals surface area (Å²) in [6.07, 6.45) is 1.33. The molecule has 2 fully saturated rings. The predicted octanol–water partition coefficient (Wildman–Crippen LogP) is 6.75. The molecule has 0 spiro atoms. The first kappa shape index (κ1) is 39.9. The monoisotopic (exact) mass is 778 g/mol. The molecular weight excluding hydrogens is 748 g/mol. The van der Waals surface area contributed by atoms with Crippen molar-refractivity contribution in [1.29, 1.82) is 0 Å². The van der Waals surface area contributed by atoms with Crippen LogP contribution in [-0.4, -0.2) is 48.4 Å². The number of benzene rings is 2. The van der Waals surface area contributed by atoms with E-state index < -0.39 is 64.9 Å². The highest BCUT2D eigenvalue weighted by Gasteiger charge is 2.46. The smallest absolute Gasteiger partial charge is 0.317 e. The lowest BCUT2D eigenvalue weighted by Gasteiger charge is -2.18. The summed E-state index contributed by atoms with van der Waals surface area (Å²) in [6, 6.07) is 6.55. The average Bonchev–Trinajstić information content (AvgIpc) is 4.07. The Labute approximate surface area is 306 Å². The fourth-order valence-corrected chi connectivity index (χ4v) is 5.01. The second kappa shape index (κ2) is 16.8. The molecule has 55 heavy (non-hydrogen) atoms. The van der Waals surface area contributed by atoms with Gasteiger partial charge in [0.05, 0.1) is 22.2 Å². The minimum atomic E-state index is -3.27. The number of carbonyl (C=O) groups excluding carboxylic acids is 2. The van der Waals surface area contributed by atoms with Crippen LogP contribution >= 0.6 is 0 Å². The first-order chi connectivity index (χ1) is 26.2. The normalized spacial score (nSPS) is 14.5. The van der Waals surface area contributed by atoms with Gasteiger partial charge < -0.3 is 15.1 Å². The van der Waals surface area contributed by atoms with Crippen molar-refractivity contribution in [3.05, 3.63) is 107 Å². The van der Waals surface area contributed by atoms with Crippen LogP contribution in [0, 0.1) is 23.3 Å². The molecule has 290 valence electrons. The molecule has 2 aliphatic rings. The highest BCUT2D eigenvalue weighted by molar-refractivity contribution is 5.95. The number of hydrogen-bond acceptors (Lipinski definition) is 11. The molecule has 2 aromatic carbocycles. The van der Waals surface area contributed by atoms with Crippen LogP contribution in [0.4, 0.5) is 47.0 Å². The van der Waals surface area contributed by atoms with Gasteiger partial charge in [0.2, 0.25) is 11.9 Å². The Bertz CT molecular complexity index is 2070. The first-order valence-electron chi connectivity index (χ1n) is 16.4. The molecule has 0 bridgehead atoms. The van der Waals surface area contributed by atoms with E-state index in [0.29, 0.717) is 36.8 Å². The van der Waals surface area contributed by atoms with Gasteiger partial charge in [-0.3, -0.25) is 20.4 Å². The summed E-state index contributed by atoms with van der Waals surface area (Å²) in [5.41, 5.74) is 3.10. The van der Waals surface area contributed by atoms with Crippen LogP contribution in [0.25, 0.3) is 11.5 Å². The van der Waals surface area contributed by atoms with Crippen molar-refractivity contribution in [3.8, 4) is 11.5 Å². The average molecular weight is 779 g/mol. The fraction of sp³-hybridized carbons (Fsp3) is 0.294. The van der Waals surface area contributed by atoms with Crippen LogP contribution in [0.5, 0.6) is 0 Å². The molecule has 5 aromatic rings. The van der Waals surface area contributed by atoms with Crippen LogP contribution < -0.4 is 21.5 Å². The summed E-state index contributed by atoms with van der Waals surface area (Å²) < 4.78 is 108. The molecule has 7 rings (SSSR count). The van der Waals surface area contributed by atoms with Crippen molar-refractivity contribution in [2.24, 2.45) is 0 Å². The van der Waals surface area contributed by atoms with E-state index in [1.54, 1.807) is 10.9 Å². The highest BCUT2D eigenvalue weighted by atomic mass is 19.3. The summed E-state index contributed by atoms with van der Waals surface area (Å²) in [7, 11) is 0. The minimum Gasteiger partial charge on any atom is -0.415 e. The molecule has 0 atom stereocenters. The standard InChI is InChI=1S/C16H13F4N5O2.C16H11F4N5O.C2H6/c17-10-3-9(4-11(18)5-10)16(1-2-16)23-15-21-6-8(7-22-15)13(26)24-25-14(27)12(19)20;17-10-3-9(4-11(18)5-10)16(1-2-16)23-15-21-6-8(7-22-15)13-24-25-14(26-13)12(19)20;1-2/h3-7,12H,1-2H2,(H,24,26)(H,25,27)(H,21,22,23);3-7,12H,1-2H2,(H,21,22,23);1-2H3. The largest absolute Gasteiger partial charge is 0.415 e. The molecule has 21 heteroatoms. The summed E-state index contributed by atoms with van der Waals surface area (Å²) in [5, 5.41) is 12.8. The molecule has 2 amide bonds. The van der Waals surface area contributed by atoms with Crippen molar-refractivity contribution < 1.29 is 49.1 Å². The summed E-state index contributed by atoms with van der Waals surface area (Å²) in [4.78, 5) is 38.4. The number of nitrogens with zero attached hydrogens (tertiary/aromatic N) is 6. The molecule has 2 saturated carbocycles. The number of rotatable bonds is 10. The van der Waals surface area contributed by atoms with E-state index in [2.05, 4.69) is 40.8 Å². The number of carbonyl (C=O) groups is 2. The van der Waals surface area contributed by atoms with Crippen molar-refractivity contribution in [2.45, 2.75) is 63.5 Å². The van der Waals surface area contributed by atoms with Crippen LogP contribution in [0.1, 0.15) is 73.3 Å². The number of halogens is 8.